The fourth-order valence-electron chi connectivity index (χ4n) is 3.00. The maximum atomic E-state index is 11.1. The van der Waals surface area contributed by atoms with Crippen LogP contribution in [0.3, 0.4) is 0 Å². The Bertz CT molecular complexity index is 473. The Hall–Kier alpha value is -1.58. The molecule has 0 spiro atoms. The SMILES string of the molecule is Cc1cc(C(=O)O)cc(N(C)C2CCCCC2C)n1. The minimum atomic E-state index is -0.892. The molecule has 1 N–H and O–H groups in total. The molecule has 1 aliphatic carbocycles. The molecular formula is C15H22N2O2. The van der Waals surface area contributed by atoms with Crippen LogP contribution in [0.15, 0.2) is 12.1 Å². The van der Waals surface area contributed by atoms with Crippen LogP contribution in [0.5, 0.6) is 0 Å². The fourth-order valence-corrected chi connectivity index (χ4v) is 3.00. The van der Waals surface area contributed by atoms with E-state index in [1.807, 2.05) is 14.0 Å². The molecule has 104 valence electrons. The average Bonchev–Trinajstić information content (AvgIpc) is 2.37. The normalized spacial score (nSPS) is 23.1. The number of aromatic carboxylic acids is 1. The third kappa shape index (κ3) is 3.06. The molecule has 2 unspecified atom stereocenters. The van der Waals surface area contributed by atoms with Crippen LogP contribution in [0.4, 0.5) is 5.82 Å². The van der Waals surface area contributed by atoms with Gasteiger partial charge in [-0.3, -0.25) is 0 Å². The number of hydrogen-bond donors (Lipinski definition) is 1. The molecule has 0 aromatic carbocycles. The predicted molar refractivity (Wildman–Crippen MR) is 75.8 cm³/mol. The summed E-state index contributed by atoms with van der Waals surface area (Å²) in [5.74, 6) is 0.516. The van der Waals surface area contributed by atoms with Gasteiger partial charge in [0.25, 0.3) is 0 Å². The van der Waals surface area contributed by atoms with Crippen molar-refractivity contribution in [3.63, 3.8) is 0 Å². The molecule has 19 heavy (non-hydrogen) atoms. The van der Waals surface area contributed by atoms with E-state index in [1.165, 1.54) is 19.3 Å². The number of carbonyl (C=O) groups is 1. The summed E-state index contributed by atoms with van der Waals surface area (Å²) >= 11 is 0. The zero-order chi connectivity index (χ0) is 14.0. The first-order valence-electron chi connectivity index (χ1n) is 6.94. The van der Waals surface area contributed by atoms with Crippen molar-refractivity contribution in [2.45, 2.75) is 45.6 Å². The average molecular weight is 262 g/mol. The van der Waals surface area contributed by atoms with Crippen LogP contribution in [0.25, 0.3) is 0 Å². The lowest BCUT2D eigenvalue weighted by Gasteiger charge is -2.37. The molecule has 1 saturated carbocycles. The maximum absolute atomic E-state index is 11.1. The summed E-state index contributed by atoms with van der Waals surface area (Å²) in [5.41, 5.74) is 1.07. The van der Waals surface area contributed by atoms with Gasteiger partial charge in [-0.15, -0.1) is 0 Å². The number of carboxylic acids is 1. The lowest BCUT2D eigenvalue weighted by molar-refractivity contribution is 0.0696. The van der Waals surface area contributed by atoms with E-state index in [2.05, 4.69) is 16.8 Å². The van der Waals surface area contributed by atoms with Crippen LogP contribution in [0.1, 0.15) is 48.7 Å². The molecule has 1 heterocycles. The number of rotatable bonds is 3. The van der Waals surface area contributed by atoms with Crippen LogP contribution in [0, 0.1) is 12.8 Å². The minimum Gasteiger partial charge on any atom is -0.478 e. The smallest absolute Gasteiger partial charge is 0.335 e. The number of hydrogen-bond acceptors (Lipinski definition) is 3. The third-order valence-electron chi connectivity index (χ3n) is 4.11. The van der Waals surface area contributed by atoms with Crippen LogP contribution in [-0.4, -0.2) is 29.1 Å². The summed E-state index contributed by atoms with van der Waals surface area (Å²) in [6, 6.07) is 3.75. The second-order valence-electron chi connectivity index (χ2n) is 5.60. The molecule has 0 saturated heterocycles. The predicted octanol–water partition coefficient (Wildman–Crippen LogP) is 3.10. The Morgan fingerprint density at radius 1 is 1.37 bits per heavy atom. The van der Waals surface area contributed by atoms with Gasteiger partial charge in [-0.2, -0.15) is 0 Å². The fraction of sp³-hybridized carbons (Fsp3) is 0.600. The van der Waals surface area contributed by atoms with Crippen LogP contribution < -0.4 is 4.90 Å². The molecule has 2 atom stereocenters. The zero-order valence-electron chi connectivity index (χ0n) is 11.9. The van der Waals surface area contributed by atoms with Gasteiger partial charge in [0.2, 0.25) is 0 Å². The molecule has 0 amide bonds. The van der Waals surface area contributed by atoms with E-state index < -0.39 is 5.97 Å². The van der Waals surface area contributed by atoms with Crippen molar-refractivity contribution in [2.75, 3.05) is 11.9 Å². The molecule has 1 aromatic heterocycles. The molecule has 0 radical (unpaired) electrons. The highest BCUT2D eigenvalue weighted by Gasteiger charge is 2.26. The Labute approximate surface area is 114 Å². The van der Waals surface area contributed by atoms with Gasteiger partial charge >= 0.3 is 5.97 Å². The summed E-state index contributed by atoms with van der Waals surface area (Å²) < 4.78 is 0. The summed E-state index contributed by atoms with van der Waals surface area (Å²) in [7, 11) is 2.03. The Morgan fingerprint density at radius 2 is 2.05 bits per heavy atom. The summed E-state index contributed by atoms with van der Waals surface area (Å²) in [6.45, 7) is 4.11. The molecule has 4 nitrogen and oxygen atoms in total. The van der Waals surface area contributed by atoms with Crippen LogP contribution in [0.2, 0.25) is 0 Å². The van der Waals surface area contributed by atoms with Gasteiger partial charge < -0.3 is 10.0 Å². The Morgan fingerprint density at radius 3 is 2.68 bits per heavy atom. The summed E-state index contributed by atoms with van der Waals surface area (Å²) in [4.78, 5) is 17.8. The van der Waals surface area contributed by atoms with Crippen molar-refractivity contribution in [2.24, 2.45) is 5.92 Å². The van der Waals surface area contributed by atoms with Crippen molar-refractivity contribution >= 4 is 11.8 Å². The number of carboxylic acid groups (broad SMARTS) is 1. The van der Waals surface area contributed by atoms with Gasteiger partial charge in [0, 0.05) is 18.8 Å². The number of pyridine rings is 1. The van der Waals surface area contributed by atoms with Crippen molar-refractivity contribution in [1.82, 2.24) is 4.98 Å². The number of nitrogens with zero attached hydrogens (tertiary/aromatic N) is 2. The van der Waals surface area contributed by atoms with E-state index in [1.54, 1.807) is 12.1 Å². The van der Waals surface area contributed by atoms with Gasteiger partial charge in [-0.05, 0) is 37.8 Å². The summed E-state index contributed by atoms with van der Waals surface area (Å²) in [6.07, 6.45) is 4.95. The molecule has 1 aromatic rings. The molecule has 0 bridgehead atoms. The van der Waals surface area contributed by atoms with Gasteiger partial charge in [0.1, 0.15) is 5.82 Å². The Kier molecular flexibility index (Phi) is 4.08. The largest absolute Gasteiger partial charge is 0.478 e. The standard InChI is InChI=1S/C15H22N2O2/c1-10-6-4-5-7-13(10)17(3)14-9-12(15(18)19)8-11(2)16-14/h8-10,13H,4-7H2,1-3H3,(H,18,19). The number of aryl methyl sites for hydroxylation is 1. The number of aromatic nitrogens is 1. The molecule has 2 rings (SSSR count). The topological polar surface area (TPSA) is 53.4 Å². The van der Waals surface area contributed by atoms with E-state index in [0.29, 0.717) is 17.5 Å². The molecule has 4 heteroatoms. The maximum Gasteiger partial charge on any atom is 0.335 e. The van der Waals surface area contributed by atoms with Gasteiger partial charge in [0.15, 0.2) is 0 Å². The first-order valence-corrected chi connectivity index (χ1v) is 6.94. The van der Waals surface area contributed by atoms with E-state index >= 15 is 0 Å². The summed E-state index contributed by atoms with van der Waals surface area (Å²) in [5, 5.41) is 9.13. The van der Waals surface area contributed by atoms with E-state index in [9.17, 15) is 4.79 Å². The molecule has 1 aliphatic rings. The quantitative estimate of drug-likeness (QED) is 0.909. The zero-order valence-corrected chi connectivity index (χ0v) is 11.9. The monoisotopic (exact) mass is 262 g/mol. The molecule has 1 fully saturated rings. The van der Waals surface area contributed by atoms with Crippen LogP contribution >= 0.6 is 0 Å². The van der Waals surface area contributed by atoms with E-state index in [0.717, 1.165) is 17.9 Å². The lowest BCUT2D eigenvalue weighted by Crippen LogP contribution is -2.39. The number of anilines is 1. The van der Waals surface area contributed by atoms with Gasteiger partial charge in [0.05, 0.1) is 5.56 Å². The Balaban J connectivity index is 2.27. The first kappa shape index (κ1) is 13.8. The van der Waals surface area contributed by atoms with Crippen molar-refractivity contribution in [3.05, 3.63) is 23.4 Å². The molecular weight excluding hydrogens is 240 g/mol. The highest BCUT2D eigenvalue weighted by molar-refractivity contribution is 5.88. The highest BCUT2D eigenvalue weighted by Crippen LogP contribution is 2.30. The van der Waals surface area contributed by atoms with Crippen molar-refractivity contribution in [1.29, 1.82) is 0 Å². The van der Waals surface area contributed by atoms with Crippen molar-refractivity contribution < 1.29 is 9.90 Å². The second-order valence-corrected chi connectivity index (χ2v) is 5.60. The second kappa shape index (κ2) is 5.59. The minimum absolute atomic E-state index is 0.317. The first-order chi connectivity index (χ1) is 8.99. The highest BCUT2D eigenvalue weighted by atomic mass is 16.4. The van der Waals surface area contributed by atoms with Crippen LogP contribution in [-0.2, 0) is 0 Å². The van der Waals surface area contributed by atoms with Gasteiger partial charge in [-0.1, -0.05) is 19.8 Å². The lowest BCUT2D eigenvalue weighted by atomic mass is 9.85. The molecule has 0 aliphatic heterocycles. The van der Waals surface area contributed by atoms with E-state index in [-0.39, 0.29) is 0 Å². The van der Waals surface area contributed by atoms with Gasteiger partial charge in [-0.25, -0.2) is 9.78 Å². The third-order valence-corrected chi connectivity index (χ3v) is 4.11. The van der Waals surface area contributed by atoms with E-state index in [4.69, 9.17) is 5.11 Å². The van der Waals surface area contributed by atoms with Crippen molar-refractivity contribution in [3.8, 4) is 0 Å².